The third-order valence-corrected chi connectivity index (χ3v) is 3.55. The Morgan fingerprint density at radius 3 is 3.00 bits per heavy atom. The molecule has 0 aliphatic rings. The van der Waals surface area contributed by atoms with Gasteiger partial charge in [0.2, 0.25) is 5.91 Å². The number of aryl methyl sites for hydroxylation is 1. The van der Waals surface area contributed by atoms with Crippen molar-refractivity contribution in [1.29, 1.82) is 0 Å². The molecule has 6 nitrogen and oxygen atoms in total. The standard InChI is InChI=1S/C12H14FN5OS/c1-18-12(15-7-16-18)20-5-4-11(19)17-8-2-3-9(13)10(14)6-8/h2-3,6-7H,4-5,14H2,1H3,(H,17,19). The number of aromatic nitrogens is 3. The van der Waals surface area contributed by atoms with Crippen LogP contribution in [0.5, 0.6) is 0 Å². The minimum absolute atomic E-state index is 0.0104. The van der Waals surface area contributed by atoms with Gasteiger partial charge in [0.25, 0.3) is 0 Å². The molecule has 0 radical (unpaired) electrons. The summed E-state index contributed by atoms with van der Waals surface area (Å²) in [4.78, 5) is 15.8. The molecule has 0 bridgehead atoms. The summed E-state index contributed by atoms with van der Waals surface area (Å²) >= 11 is 1.44. The van der Waals surface area contributed by atoms with Crippen LogP contribution in [0.3, 0.4) is 0 Å². The first-order chi connectivity index (χ1) is 9.56. The van der Waals surface area contributed by atoms with Gasteiger partial charge in [-0.3, -0.25) is 4.79 Å². The van der Waals surface area contributed by atoms with E-state index in [0.717, 1.165) is 5.16 Å². The number of nitrogen functional groups attached to an aromatic ring is 1. The Hall–Kier alpha value is -2.09. The molecule has 8 heteroatoms. The summed E-state index contributed by atoms with van der Waals surface area (Å²) in [5.74, 6) is -0.0822. The molecule has 3 N–H and O–H groups in total. The molecular weight excluding hydrogens is 281 g/mol. The van der Waals surface area contributed by atoms with Gasteiger partial charge in [-0.25, -0.2) is 14.1 Å². The van der Waals surface area contributed by atoms with Gasteiger partial charge in [-0.05, 0) is 18.2 Å². The first-order valence-corrected chi connectivity index (χ1v) is 6.86. The predicted molar refractivity (Wildman–Crippen MR) is 75.8 cm³/mol. The maximum Gasteiger partial charge on any atom is 0.225 e. The van der Waals surface area contributed by atoms with Crippen LogP contribution in [0.1, 0.15) is 6.42 Å². The van der Waals surface area contributed by atoms with Crippen LogP contribution in [0.2, 0.25) is 0 Å². The average Bonchev–Trinajstić information content (AvgIpc) is 2.80. The second-order valence-electron chi connectivity index (χ2n) is 4.05. The summed E-state index contributed by atoms with van der Waals surface area (Å²) in [6.45, 7) is 0. The van der Waals surface area contributed by atoms with E-state index in [0.29, 0.717) is 17.9 Å². The molecule has 1 amide bonds. The fraction of sp³-hybridized carbons (Fsp3) is 0.250. The minimum atomic E-state index is -0.499. The minimum Gasteiger partial charge on any atom is -0.396 e. The van der Waals surface area contributed by atoms with Gasteiger partial charge in [-0.2, -0.15) is 5.10 Å². The number of amides is 1. The van der Waals surface area contributed by atoms with Gasteiger partial charge in [0.05, 0.1) is 5.69 Å². The lowest BCUT2D eigenvalue weighted by atomic mass is 10.2. The van der Waals surface area contributed by atoms with E-state index in [4.69, 9.17) is 5.73 Å². The number of nitrogens with two attached hydrogens (primary N) is 1. The van der Waals surface area contributed by atoms with Crippen LogP contribution < -0.4 is 11.1 Å². The molecule has 2 rings (SSSR count). The Bertz CT molecular complexity index is 616. The van der Waals surface area contributed by atoms with Gasteiger partial charge < -0.3 is 11.1 Å². The normalized spacial score (nSPS) is 10.5. The van der Waals surface area contributed by atoms with Crippen molar-refractivity contribution in [2.24, 2.45) is 7.05 Å². The van der Waals surface area contributed by atoms with Gasteiger partial charge in [-0.1, -0.05) is 11.8 Å². The van der Waals surface area contributed by atoms with Gasteiger partial charge in [0, 0.05) is 24.9 Å². The third-order valence-electron chi connectivity index (χ3n) is 2.51. The first kappa shape index (κ1) is 14.3. The molecule has 0 aliphatic carbocycles. The molecule has 106 valence electrons. The van der Waals surface area contributed by atoms with Crippen LogP contribution in [0, 0.1) is 5.82 Å². The number of thioether (sulfide) groups is 1. The molecular formula is C12H14FN5OS. The van der Waals surface area contributed by atoms with Crippen LogP contribution in [0.15, 0.2) is 29.7 Å². The number of halogens is 1. The smallest absolute Gasteiger partial charge is 0.225 e. The summed E-state index contributed by atoms with van der Waals surface area (Å²) < 4.78 is 14.6. The Morgan fingerprint density at radius 2 is 2.35 bits per heavy atom. The Kier molecular flexibility index (Phi) is 4.57. The molecule has 0 saturated heterocycles. The number of anilines is 2. The lowest BCUT2D eigenvalue weighted by Crippen LogP contribution is -2.12. The summed E-state index contributed by atoms with van der Waals surface area (Å²) in [5.41, 5.74) is 5.92. The molecule has 0 fully saturated rings. The van der Waals surface area contributed by atoms with E-state index in [1.807, 2.05) is 0 Å². The van der Waals surface area contributed by atoms with Crippen LogP contribution in [0.4, 0.5) is 15.8 Å². The van der Waals surface area contributed by atoms with Crippen LogP contribution in [-0.2, 0) is 11.8 Å². The Morgan fingerprint density at radius 1 is 1.55 bits per heavy atom. The zero-order chi connectivity index (χ0) is 14.5. The van der Waals surface area contributed by atoms with Gasteiger partial charge in [0.15, 0.2) is 5.16 Å². The summed E-state index contributed by atoms with van der Waals surface area (Å²) in [6.07, 6.45) is 1.78. The Labute approximate surface area is 119 Å². The van der Waals surface area contributed by atoms with Crippen molar-refractivity contribution in [1.82, 2.24) is 14.8 Å². The molecule has 0 saturated carbocycles. The fourth-order valence-corrected chi connectivity index (χ4v) is 2.32. The van der Waals surface area contributed by atoms with E-state index in [-0.39, 0.29) is 11.6 Å². The van der Waals surface area contributed by atoms with E-state index >= 15 is 0 Å². The molecule has 20 heavy (non-hydrogen) atoms. The number of rotatable bonds is 5. The summed E-state index contributed by atoms with van der Waals surface area (Å²) in [5, 5.41) is 7.35. The lowest BCUT2D eigenvalue weighted by Gasteiger charge is -2.06. The van der Waals surface area contributed by atoms with Gasteiger partial charge >= 0.3 is 0 Å². The predicted octanol–water partition coefficient (Wildman–Crippen LogP) is 1.66. The number of carbonyl (C=O) groups is 1. The van der Waals surface area contributed by atoms with Crippen LogP contribution >= 0.6 is 11.8 Å². The molecule has 0 unspecified atom stereocenters. The van der Waals surface area contributed by atoms with Crippen molar-refractivity contribution in [3.8, 4) is 0 Å². The summed E-state index contributed by atoms with van der Waals surface area (Å²) in [7, 11) is 1.79. The third kappa shape index (κ3) is 3.70. The van der Waals surface area contributed by atoms with Crippen LogP contribution in [-0.4, -0.2) is 26.4 Å². The highest BCUT2D eigenvalue weighted by Crippen LogP contribution is 2.18. The first-order valence-electron chi connectivity index (χ1n) is 5.88. The number of benzene rings is 1. The van der Waals surface area contributed by atoms with Crippen molar-refractivity contribution >= 4 is 29.0 Å². The highest BCUT2D eigenvalue weighted by Gasteiger charge is 2.07. The van der Waals surface area contributed by atoms with Gasteiger partial charge in [0.1, 0.15) is 12.1 Å². The zero-order valence-corrected chi connectivity index (χ0v) is 11.7. The van der Waals surface area contributed by atoms with E-state index in [1.165, 1.54) is 36.3 Å². The number of nitrogens with zero attached hydrogens (tertiary/aromatic N) is 3. The van der Waals surface area contributed by atoms with E-state index < -0.39 is 5.82 Å². The topological polar surface area (TPSA) is 85.8 Å². The monoisotopic (exact) mass is 295 g/mol. The highest BCUT2D eigenvalue weighted by atomic mass is 32.2. The highest BCUT2D eigenvalue weighted by molar-refractivity contribution is 7.99. The van der Waals surface area contributed by atoms with E-state index in [2.05, 4.69) is 15.4 Å². The molecule has 1 heterocycles. The fourth-order valence-electron chi connectivity index (χ4n) is 1.50. The number of hydrogen-bond acceptors (Lipinski definition) is 5. The maximum absolute atomic E-state index is 13.0. The van der Waals surface area contributed by atoms with Crippen LogP contribution in [0.25, 0.3) is 0 Å². The quantitative estimate of drug-likeness (QED) is 0.647. The average molecular weight is 295 g/mol. The Balaban J connectivity index is 1.80. The molecule has 0 aliphatic heterocycles. The molecule has 0 atom stereocenters. The van der Waals surface area contributed by atoms with Gasteiger partial charge in [-0.15, -0.1) is 0 Å². The van der Waals surface area contributed by atoms with Crippen molar-refractivity contribution in [2.75, 3.05) is 16.8 Å². The largest absolute Gasteiger partial charge is 0.396 e. The van der Waals surface area contributed by atoms with E-state index in [1.54, 1.807) is 11.7 Å². The second-order valence-corrected chi connectivity index (χ2v) is 5.11. The van der Waals surface area contributed by atoms with Crippen molar-refractivity contribution in [3.63, 3.8) is 0 Å². The lowest BCUT2D eigenvalue weighted by molar-refractivity contribution is -0.115. The maximum atomic E-state index is 13.0. The number of nitrogens with one attached hydrogen (secondary N) is 1. The van der Waals surface area contributed by atoms with Crippen molar-refractivity contribution in [3.05, 3.63) is 30.3 Å². The zero-order valence-electron chi connectivity index (χ0n) is 10.8. The SMILES string of the molecule is Cn1ncnc1SCCC(=O)Nc1ccc(F)c(N)c1. The summed E-state index contributed by atoms with van der Waals surface area (Å²) in [6, 6.07) is 4.09. The molecule has 2 aromatic rings. The number of carbonyl (C=O) groups excluding carboxylic acids is 1. The van der Waals surface area contributed by atoms with Crippen molar-refractivity contribution in [2.45, 2.75) is 11.6 Å². The molecule has 1 aromatic heterocycles. The van der Waals surface area contributed by atoms with E-state index in [9.17, 15) is 9.18 Å². The second kappa shape index (κ2) is 6.38. The van der Waals surface area contributed by atoms with Crippen molar-refractivity contribution < 1.29 is 9.18 Å². The molecule has 0 spiro atoms. The number of hydrogen-bond donors (Lipinski definition) is 2. The molecule has 1 aromatic carbocycles.